The van der Waals surface area contributed by atoms with E-state index in [1.807, 2.05) is 0 Å². The third kappa shape index (κ3) is 46.0. The van der Waals surface area contributed by atoms with E-state index in [1.54, 1.807) is 0 Å². The highest BCUT2D eigenvalue weighted by atomic mass is 16.7. The van der Waals surface area contributed by atoms with Crippen LogP contribution in [-0.4, -0.2) is 87.5 Å². The molecule has 0 bridgehead atoms. The standard InChI is InChI=1S/C69H123NO8/c1-3-5-7-9-11-13-15-17-19-21-23-25-27-29-30-31-32-33-35-36-38-40-42-44-46-48-50-52-54-56-58-63(72)62(61-77-69-68(76)67(75)66(74)64(60-71)78-69)70-65(73)59-57-55-53-51-49-47-45-43-41-39-37-34-28-26-24-22-20-18-16-14-12-10-8-6-4-2/h6,8,12,14,18,20,24,26,34,37,41,43,47,49,62-64,66-69,71-72,74-76H,3-5,7,9-11,13,15-17,19,21-23,25,27-33,35-36,38-40,42,44-46,48,50-61H2,1-2H3,(H,70,73)/b8-6-,14-12-,20-18-,26-24-,37-34-,43-41-,49-47-. The van der Waals surface area contributed by atoms with Gasteiger partial charge in [-0.05, 0) is 70.6 Å². The summed E-state index contributed by atoms with van der Waals surface area (Å²) < 4.78 is 11.3. The molecule has 0 aromatic carbocycles. The lowest BCUT2D eigenvalue weighted by molar-refractivity contribution is -0.302. The highest BCUT2D eigenvalue weighted by Crippen LogP contribution is 2.23. The van der Waals surface area contributed by atoms with Crippen LogP contribution >= 0.6 is 0 Å². The fourth-order valence-corrected chi connectivity index (χ4v) is 10.1. The van der Waals surface area contributed by atoms with Crippen LogP contribution in [0.5, 0.6) is 0 Å². The summed E-state index contributed by atoms with van der Waals surface area (Å²) in [6, 6.07) is -0.745. The fraction of sp³-hybridized carbons (Fsp3) is 0.783. The molecule has 0 aliphatic carbocycles. The second-order valence-corrected chi connectivity index (χ2v) is 22.5. The first-order valence-electron chi connectivity index (χ1n) is 32.8. The fourth-order valence-electron chi connectivity index (χ4n) is 10.1. The van der Waals surface area contributed by atoms with Crippen LogP contribution in [0.25, 0.3) is 0 Å². The van der Waals surface area contributed by atoms with E-state index in [0.29, 0.717) is 12.8 Å². The van der Waals surface area contributed by atoms with Crippen molar-refractivity contribution in [2.75, 3.05) is 13.2 Å². The van der Waals surface area contributed by atoms with Crippen molar-refractivity contribution in [1.82, 2.24) is 5.32 Å². The Morgan fingerprint density at radius 1 is 0.449 bits per heavy atom. The van der Waals surface area contributed by atoms with Gasteiger partial charge in [0.05, 0.1) is 25.4 Å². The number of rotatable bonds is 56. The number of carbonyl (C=O) groups is 1. The van der Waals surface area contributed by atoms with Gasteiger partial charge in [0, 0.05) is 6.42 Å². The van der Waals surface area contributed by atoms with Crippen molar-refractivity contribution in [1.29, 1.82) is 0 Å². The van der Waals surface area contributed by atoms with Gasteiger partial charge in [-0.1, -0.05) is 298 Å². The largest absolute Gasteiger partial charge is 0.394 e. The minimum absolute atomic E-state index is 0.156. The molecule has 0 radical (unpaired) electrons. The number of unbranched alkanes of at least 4 members (excludes halogenated alkanes) is 32. The summed E-state index contributed by atoms with van der Waals surface area (Å²) in [7, 11) is 0. The predicted octanol–water partition coefficient (Wildman–Crippen LogP) is 17.4. The van der Waals surface area contributed by atoms with E-state index in [2.05, 4.69) is 104 Å². The maximum atomic E-state index is 13.1. The molecule has 452 valence electrons. The number of ether oxygens (including phenoxy) is 2. The van der Waals surface area contributed by atoms with Crippen LogP contribution in [0, 0.1) is 0 Å². The molecule has 1 rings (SSSR count). The molecule has 78 heavy (non-hydrogen) atoms. The zero-order valence-corrected chi connectivity index (χ0v) is 50.4. The molecule has 1 amide bonds. The summed E-state index contributed by atoms with van der Waals surface area (Å²) in [5, 5.41) is 54.8. The number of hydrogen-bond donors (Lipinski definition) is 6. The van der Waals surface area contributed by atoms with Crippen molar-refractivity contribution in [2.45, 2.75) is 333 Å². The highest BCUT2D eigenvalue weighted by molar-refractivity contribution is 5.76. The summed E-state index contributed by atoms with van der Waals surface area (Å²) in [5.74, 6) is -0.176. The van der Waals surface area contributed by atoms with Crippen LogP contribution in [0.1, 0.15) is 290 Å². The number of allylic oxidation sites excluding steroid dienone is 14. The minimum Gasteiger partial charge on any atom is -0.394 e. The molecule has 1 aliphatic heterocycles. The van der Waals surface area contributed by atoms with Crippen molar-refractivity contribution in [3.05, 3.63) is 85.1 Å². The zero-order chi connectivity index (χ0) is 56.5. The molecule has 7 unspecified atom stereocenters. The quantitative estimate of drug-likeness (QED) is 0.0261. The second kappa shape index (κ2) is 57.6. The Labute approximate surface area is 480 Å². The van der Waals surface area contributed by atoms with Crippen molar-refractivity contribution < 1.29 is 39.8 Å². The average Bonchev–Trinajstić information content (AvgIpc) is 3.45. The third-order valence-corrected chi connectivity index (χ3v) is 15.3. The van der Waals surface area contributed by atoms with Crippen LogP contribution in [0.15, 0.2) is 85.1 Å². The van der Waals surface area contributed by atoms with Crippen molar-refractivity contribution in [2.24, 2.45) is 0 Å². The smallest absolute Gasteiger partial charge is 0.220 e. The Kier molecular flexibility index (Phi) is 54.2. The second-order valence-electron chi connectivity index (χ2n) is 22.5. The first kappa shape index (κ1) is 73.4. The maximum Gasteiger partial charge on any atom is 0.220 e. The molecule has 1 fully saturated rings. The molecule has 6 N–H and O–H groups in total. The van der Waals surface area contributed by atoms with Crippen LogP contribution < -0.4 is 5.32 Å². The maximum absolute atomic E-state index is 13.1. The predicted molar refractivity (Wildman–Crippen MR) is 332 cm³/mol. The Morgan fingerprint density at radius 3 is 1.17 bits per heavy atom. The van der Waals surface area contributed by atoms with Gasteiger partial charge < -0.3 is 40.3 Å². The van der Waals surface area contributed by atoms with Crippen LogP contribution in [0.3, 0.4) is 0 Å². The molecule has 9 nitrogen and oxygen atoms in total. The first-order chi connectivity index (χ1) is 38.3. The topological polar surface area (TPSA) is 149 Å². The van der Waals surface area contributed by atoms with Gasteiger partial charge in [-0.25, -0.2) is 0 Å². The van der Waals surface area contributed by atoms with E-state index in [4.69, 9.17) is 9.47 Å². The Bertz CT molecular complexity index is 1500. The zero-order valence-electron chi connectivity index (χ0n) is 50.4. The van der Waals surface area contributed by atoms with E-state index < -0.39 is 49.5 Å². The Balaban J connectivity index is 2.18. The van der Waals surface area contributed by atoms with Gasteiger partial charge in [0.1, 0.15) is 24.4 Å². The number of carbonyl (C=O) groups excluding carboxylic acids is 1. The summed E-state index contributed by atoms with van der Waals surface area (Å²) in [6.07, 6.45) is 74.9. The first-order valence-corrected chi connectivity index (χ1v) is 32.8. The molecule has 0 saturated carbocycles. The van der Waals surface area contributed by atoms with Crippen LogP contribution in [-0.2, 0) is 14.3 Å². The van der Waals surface area contributed by atoms with Crippen LogP contribution in [0.4, 0.5) is 0 Å². The summed E-state index contributed by atoms with van der Waals surface area (Å²) in [4.78, 5) is 13.1. The van der Waals surface area contributed by atoms with E-state index >= 15 is 0 Å². The number of aliphatic hydroxyl groups excluding tert-OH is 5. The molecule has 7 atom stereocenters. The van der Waals surface area contributed by atoms with Gasteiger partial charge in [0.2, 0.25) is 5.91 Å². The van der Waals surface area contributed by atoms with Gasteiger partial charge >= 0.3 is 0 Å². The van der Waals surface area contributed by atoms with Gasteiger partial charge in [-0.15, -0.1) is 0 Å². The van der Waals surface area contributed by atoms with Crippen molar-refractivity contribution >= 4 is 5.91 Å². The molecule has 0 spiro atoms. The summed E-state index contributed by atoms with van der Waals surface area (Å²) in [6.45, 7) is 3.73. The molecule has 9 heteroatoms. The van der Waals surface area contributed by atoms with Crippen molar-refractivity contribution in [3.63, 3.8) is 0 Å². The van der Waals surface area contributed by atoms with Crippen LogP contribution in [0.2, 0.25) is 0 Å². The SMILES string of the molecule is CC/C=C\C/C=C\C/C=C\C/C=C\C/C=C\C/C=C\C/C=C\CCCCCC(=O)NC(COC1OC(CO)C(O)C(O)C1O)C(O)CCCCCCCCCCCCCCCCCCCCCCCCCCCCCCCC. The molecular formula is C69H123NO8. The van der Waals surface area contributed by atoms with E-state index in [0.717, 1.165) is 89.9 Å². The van der Waals surface area contributed by atoms with E-state index in [9.17, 15) is 30.3 Å². The van der Waals surface area contributed by atoms with Gasteiger partial charge in [0.25, 0.3) is 0 Å². The lowest BCUT2D eigenvalue weighted by atomic mass is 9.99. The molecule has 0 aromatic rings. The van der Waals surface area contributed by atoms with Gasteiger partial charge in [-0.3, -0.25) is 4.79 Å². The minimum atomic E-state index is -1.57. The summed E-state index contributed by atoms with van der Waals surface area (Å²) >= 11 is 0. The number of hydrogen-bond acceptors (Lipinski definition) is 8. The Morgan fingerprint density at radius 2 is 0.795 bits per heavy atom. The average molecular weight is 1090 g/mol. The van der Waals surface area contributed by atoms with Gasteiger partial charge in [0.15, 0.2) is 6.29 Å². The Hall–Kier alpha value is -2.63. The number of amides is 1. The molecule has 1 saturated heterocycles. The lowest BCUT2D eigenvalue weighted by Gasteiger charge is -2.40. The van der Waals surface area contributed by atoms with E-state index in [-0.39, 0.29) is 12.5 Å². The van der Waals surface area contributed by atoms with Crippen molar-refractivity contribution in [3.8, 4) is 0 Å². The molecule has 1 aliphatic rings. The number of nitrogens with one attached hydrogen (secondary N) is 1. The number of aliphatic hydroxyl groups is 5. The monoisotopic (exact) mass is 1090 g/mol. The van der Waals surface area contributed by atoms with E-state index in [1.165, 1.54) is 173 Å². The third-order valence-electron chi connectivity index (χ3n) is 15.3. The lowest BCUT2D eigenvalue weighted by Crippen LogP contribution is -2.60. The highest BCUT2D eigenvalue weighted by Gasteiger charge is 2.44. The van der Waals surface area contributed by atoms with Gasteiger partial charge in [-0.2, -0.15) is 0 Å². The molecular weight excluding hydrogens is 971 g/mol. The normalized spacial score (nSPS) is 19.2. The molecule has 1 heterocycles. The molecule has 0 aromatic heterocycles. The summed E-state index contributed by atoms with van der Waals surface area (Å²) in [5.41, 5.74) is 0.